The first-order chi connectivity index (χ1) is 16.4. The molecule has 4 N–H and O–H groups in total. The lowest BCUT2D eigenvalue weighted by atomic mass is 9.72. The molecule has 3 amide bonds. The number of aromatic nitrogens is 1. The van der Waals surface area contributed by atoms with Crippen LogP contribution in [-0.4, -0.2) is 43.8 Å². The van der Waals surface area contributed by atoms with Crippen LogP contribution < -0.4 is 21.1 Å². The van der Waals surface area contributed by atoms with Gasteiger partial charge in [0.1, 0.15) is 22.7 Å². The van der Waals surface area contributed by atoms with E-state index in [0.717, 1.165) is 18.4 Å². The number of ether oxygens (including phenoxy) is 3. The number of hydrogen-bond donors (Lipinski definition) is 3. The summed E-state index contributed by atoms with van der Waals surface area (Å²) in [5.74, 6) is 0.913. The molecule has 1 saturated carbocycles. The summed E-state index contributed by atoms with van der Waals surface area (Å²) in [5.41, 5.74) is 6.59. The molecule has 0 spiro atoms. The van der Waals surface area contributed by atoms with E-state index in [9.17, 15) is 9.59 Å². The summed E-state index contributed by atoms with van der Waals surface area (Å²) in [6, 6.07) is 6.66. The number of nitrogens with one attached hydrogen (secondary N) is 2. The van der Waals surface area contributed by atoms with Crippen molar-refractivity contribution in [3.63, 3.8) is 0 Å². The molecule has 1 aromatic heterocycles. The van der Waals surface area contributed by atoms with Crippen LogP contribution in [0.4, 0.5) is 10.5 Å². The SMILES string of the molecule is COCCC1(C(N)=O)Cc2c(Oc3ccc(NC(=O)NC4CC4)c(Cl)c3)ccnc2C=C1OC. The highest BCUT2D eigenvalue weighted by Crippen LogP contribution is 2.44. The molecule has 9 nitrogen and oxygen atoms in total. The second-order valence-corrected chi connectivity index (χ2v) is 8.78. The van der Waals surface area contributed by atoms with E-state index in [2.05, 4.69) is 15.6 Å². The predicted octanol–water partition coefficient (Wildman–Crippen LogP) is 3.86. The molecular formula is C24H27ClN4O5. The fourth-order valence-electron chi connectivity index (χ4n) is 3.97. The Morgan fingerprint density at radius 2 is 2.06 bits per heavy atom. The third-order valence-electron chi connectivity index (χ3n) is 6.02. The largest absolute Gasteiger partial charge is 0.500 e. The summed E-state index contributed by atoms with van der Waals surface area (Å²) in [6.45, 7) is 0.327. The third-order valence-corrected chi connectivity index (χ3v) is 6.33. The van der Waals surface area contributed by atoms with Gasteiger partial charge in [0, 0.05) is 43.7 Å². The van der Waals surface area contributed by atoms with Crippen molar-refractivity contribution >= 4 is 35.3 Å². The van der Waals surface area contributed by atoms with Crippen LogP contribution >= 0.6 is 11.6 Å². The fourth-order valence-corrected chi connectivity index (χ4v) is 4.19. The van der Waals surface area contributed by atoms with E-state index in [0.29, 0.717) is 46.7 Å². The molecular weight excluding hydrogens is 460 g/mol. The zero-order valence-electron chi connectivity index (χ0n) is 19.0. The zero-order valence-corrected chi connectivity index (χ0v) is 19.8. The molecule has 2 aromatic rings. The number of nitrogens with zero attached hydrogens (tertiary/aromatic N) is 1. The van der Waals surface area contributed by atoms with Crippen LogP contribution in [0.2, 0.25) is 5.02 Å². The number of carbonyl (C=O) groups excluding carboxylic acids is 2. The highest BCUT2D eigenvalue weighted by molar-refractivity contribution is 6.33. The third kappa shape index (κ3) is 4.95. The van der Waals surface area contributed by atoms with Gasteiger partial charge in [-0.15, -0.1) is 0 Å². The number of primary amides is 1. The van der Waals surface area contributed by atoms with Gasteiger partial charge in [0.15, 0.2) is 0 Å². The van der Waals surface area contributed by atoms with Crippen LogP contribution in [0.1, 0.15) is 30.5 Å². The maximum Gasteiger partial charge on any atom is 0.319 e. The Kier molecular flexibility index (Phi) is 6.95. The van der Waals surface area contributed by atoms with Gasteiger partial charge in [-0.3, -0.25) is 9.78 Å². The van der Waals surface area contributed by atoms with Crippen molar-refractivity contribution in [1.29, 1.82) is 0 Å². The van der Waals surface area contributed by atoms with Crippen LogP contribution in [0, 0.1) is 5.41 Å². The predicted molar refractivity (Wildman–Crippen MR) is 128 cm³/mol. The lowest BCUT2D eigenvalue weighted by Crippen LogP contribution is -2.43. The Morgan fingerprint density at radius 3 is 2.71 bits per heavy atom. The molecule has 1 aromatic carbocycles. The number of halogens is 1. The molecule has 4 rings (SSSR count). The maximum atomic E-state index is 12.6. The van der Waals surface area contributed by atoms with Gasteiger partial charge in [-0.2, -0.15) is 0 Å². The zero-order chi connectivity index (χ0) is 24.3. The second-order valence-electron chi connectivity index (χ2n) is 8.37. The number of urea groups is 1. The molecule has 2 aliphatic rings. The Bertz CT molecular complexity index is 1130. The normalized spacial score (nSPS) is 19.0. The average Bonchev–Trinajstić information content (AvgIpc) is 3.62. The van der Waals surface area contributed by atoms with Crippen molar-refractivity contribution in [2.45, 2.75) is 31.7 Å². The van der Waals surface area contributed by atoms with E-state index in [4.69, 9.17) is 31.5 Å². The number of pyridine rings is 1. The van der Waals surface area contributed by atoms with Crippen molar-refractivity contribution in [3.05, 3.63) is 52.5 Å². The standard InChI is InChI=1S/C24H27ClN4O5/c1-32-10-8-24(22(26)30)13-16-19(12-21(24)33-2)27-9-7-20(16)34-15-5-6-18(17(25)11-15)29-23(31)28-14-3-4-14/h5-7,9,11-12,14H,3-4,8,10,13H2,1-2H3,(H2,26,30)(H2,28,29,31). The lowest BCUT2D eigenvalue weighted by molar-refractivity contribution is -0.128. The van der Waals surface area contributed by atoms with Gasteiger partial charge in [0.25, 0.3) is 0 Å². The number of nitrogens with two attached hydrogens (primary N) is 1. The number of carbonyl (C=O) groups is 2. The summed E-state index contributed by atoms with van der Waals surface area (Å²) in [4.78, 5) is 29.0. The first-order valence-electron chi connectivity index (χ1n) is 10.9. The van der Waals surface area contributed by atoms with E-state index in [1.165, 1.54) is 7.11 Å². The first-order valence-corrected chi connectivity index (χ1v) is 11.3. The van der Waals surface area contributed by atoms with Gasteiger partial charge >= 0.3 is 6.03 Å². The van der Waals surface area contributed by atoms with E-state index in [-0.39, 0.29) is 18.5 Å². The van der Waals surface area contributed by atoms with Gasteiger partial charge in [0.2, 0.25) is 5.91 Å². The number of rotatable bonds is 9. The maximum absolute atomic E-state index is 12.6. The summed E-state index contributed by atoms with van der Waals surface area (Å²) in [5, 5.41) is 5.93. The van der Waals surface area contributed by atoms with Crippen molar-refractivity contribution < 1.29 is 23.8 Å². The minimum Gasteiger partial charge on any atom is -0.500 e. The molecule has 0 radical (unpaired) electrons. The number of anilines is 1. The molecule has 10 heteroatoms. The Morgan fingerprint density at radius 1 is 1.26 bits per heavy atom. The number of methoxy groups -OCH3 is 2. The number of amides is 3. The van der Waals surface area contributed by atoms with Gasteiger partial charge in [-0.05, 0) is 43.9 Å². The van der Waals surface area contributed by atoms with E-state index < -0.39 is 11.3 Å². The molecule has 1 atom stereocenters. The molecule has 0 aliphatic heterocycles. The molecule has 1 heterocycles. The van der Waals surface area contributed by atoms with Crippen LogP contribution in [0.25, 0.3) is 6.08 Å². The van der Waals surface area contributed by atoms with Crippen molar-refractivity contribution in [1.82, 2.24) is 10.3 Å². The Labute approximate surface area is 202 Å². The number of benzene rings is 1. The Balaban J connectivity index is 1.59. The first kappa shape index (κ1) is 23.8. The molecule has 0 bridgehead atoms. The summed E-state index contributed by atoms with van der Waals surface area (Å²) >= 11 is 6.38. The topological polar surface area (TPSA) is 125 Å². The summed E-state index contributed by atoms with van der Waals surface area (Å²) in [7, 11) is 3.07. The quantitative estimate of drug-likeness (QED) is 0.494. The van der Waals surface area contributed by atoms with Crippen molar-refractivity contribution in [3.8, 4) is 11.5 Å². The highest BCUT2D eigenvalue weighted by atomic mass is 35.5. The molecule has 1 fully saturated rings. The minimum absolute atomic E-state index is 0.239. The second kappa shape index (κ2) is 9.90. The minimum atomic E-state index is -1.08. The number of fused-ring (bicyclic) bond motifs is 1. The van der Waals surface area contributed by atoms with Gasteiger partial charge < -0.3 is 30.6 Å². The molecule has 34 heavy (non-hydrogen) atoms. The summed E-state index contributed by atoms with van der Waals surface area (Å²) in [6.07, 6.45) is 5.91. The van der Waals surface area contributed by atoms with E-state index in [1.807, 2.05) is 0 Å². The van der Waals surface area contributed by atoms with Gasteiger partial charge in [-0.25, -0.2) is 4.79 Å². The smallest absolute Gasteiger partial charge is 0.319 e. The highest BCUT2D eigenvalue weighted by Gasteiger charge is 2.45. The van der Waals surface area contributed by atoms with Crippen LogP contribution in [0.15, 0.2) is 36.2 Å². The molecule has 2 aliphatic carbocycles. The molecule has 1 unspecified atom stereocenters. The van der Waals surface area contributed by atoms with E-state index >= 15 is 0 Å². The Hall–Kier alpha value is -3.30. The molecule has 0 saturated heterocycles. The average molecular weight is 487 g/mol. The molecule has 180 valence electrons. The monoisotopic (exact) mass is 486 g/mol. The number of hydrogen-bond acceptors (Lipinski definition) is 6. The van der Waals surface area contributed by atoms with E-state index in [1.54, 1.807) is 43.6 Å². The van der Waals surface area contributed by atoms with Gasteiger partial charge in [-0.1, -0.05) is 11.6 Å². The lowest BCUT2D eigenvalue weighted by Gasteiger charge is -2.35. The summed E-state index contributed by atoms with van der Waals surface area (Å²) < 4.78 is 16.9. The van der Waals surface area contributed by atoms with Crippen LogP contribution in [0.3, 0.4) is 0 Å². The van der Waals surface area contributed by atoms with Gasteiger partial charge in [0.05, 0.1) is 23.5 Å². The van der Waals surface area contributed by atoms with Crippen LogP contribution in [-0.2, 0) is 20.7 Å². The fraction of sp³-hybridized carbons (Fsp3) is 0.375. The van der Waals surface area contributed by atoms with Crippen molar-refractivity contribution in [2.24, 2.45) is 11.1 Å². The van der Waals surface area contributed by atoms with Crippen molar-refractivity contribution in [2.75, 3.05) is 26.1 Å². The van der Waals surface area contributed by atoms with Crippen LogP contribution in [0.5, 0.6) is 11.5 Å².